The summed E-state index contributed by atoms with van der Waals surface area (Å²) in [7, 11) is 0. The predicted octanol–water partition coefficient (Wildman–Crippen LogP) is 2.49. The minimum absolute atomic E-state index is 0.422. The lowest BCUT2D eigenvalue weighted by Crippen LogP contribution is -2.07. The standard InChI is InChI=1S/C17H17N9/c1-11(12-2-3-12)26-10-13(8-21-26)22-15-17-24-23-16(25(17)7-6-20-15)14-9-18-4-5-19-14/h4-12H,2-3H2,1H3,(H,20,22). The van der Waals surface area contributed by atoms with Crippen LogP contribution in [0.15, 0.2) is 43.4 Å². The normalized spacial score (nSPS) is 15.3. The summed E-state index contributed by atoms with van der Waals surface area (Å²) in [5.41, 5.74) is 2.15. The van der Waals surface area contributed by atoms with Crippen LogP contribution in [0.5, 0.6) is 0 Å². The number of anilines is 2. The fourth-order valence-electron chi connectivity index (χ4n) is 3.06. The summed E-state index contributed by atoms with van der Waals surface area (Å²) in [5, 5.41) is 16.3. The smallest absolute Gasteiger partial charge is 0.204 e. The van der Waals surface area contributed by atoms with Crippen molar-refractivity contribution < 1.29 is 0 Å². The second kappa shape index (κ2) is 5.87. The van der Waals surface area contributed by atoms with Gasteiger partial charge in [-0.2, -0.15) is 5.10 Å². The third kappa shape index (κ3) is 2.57. The van der Waals surface area contributed by atoms with Gasteiger partial charge in [-0.1, -0.05) is 0 Å². The van der Waals surface area contributed by atoms with Gasteiger partial charge >= 0.3 is 0 Å². The predicted molar refractivity (Wildman–Crippen MR) is 94.8 cm³/mol. The molecule has 1 saturated carbocycles. The number of aromatic nitrogens is 8. The maximum Gasteiger partial charge on any atom is 0.204 e. The van der Waals surface area contributed by atoms with E-state index in [0.717, 1.165) is 11.6 Å². The molecule has 130 valence electrons. The third-order valence-corrected chi connectivity index (χ3v) is 4.71. The van der Waals surface area contributed by atoms with Crippen LogP contribution in [-0.2, 0) is 0 Å². The molecular formula is C17H17N9. The van der Waals surface area contributed by atoms with Crippen LogP contribution in [0.25, 0.3) is 17.2 Å². The Labute approximate surface area is 149 Å². The summed E-state index contributed by atoms with van der Waals surface area (Å²) in [6.45, 7) is 2.21. The first-order chi connectivity index (χ1) is 12.8. The zero-order valence-electron chi connectivity index (χ0n) is 14.2. The maximum absolute atomic E-state index is 4.47. The minimum Gasteiger partial charge on any atom is -0.334 e. The zero-order valence-corrected chi connectivity index (χ0v) is 14.2. The molecule has 0 aromatic carbocycles. The third-order valence-electron chi connectivity index (χ3n) is 4.71. The van der Waals surface area contributed by atoms with Gasteiger partial charge in [-0.15, -0.1) is 10.2 Å². The van der Waals surface area contributed by atoms with Gasteiger partial charge in [-0.3, -0.25) is 14.1 Å². The van der Waals surface area contributed by atoms with Crippen LogP contribution in [0.2, 0.25) is 0 Å². The average molecular weight is 347 g/mol. The molecule has 1 fully saturated rings. The van der Waals surface area contributed by atoms with Crippen LogP contribution in [0, 0.1) is 5.92 Å². The molecule has 0 radical (unpaired) electrons. The number of rotatable bonds is 5. The molecule has 4 aromatic rings. The summed E-state index contributed by atoms with van der Waals surface area (Å²) in [5.74, 6) is 1.99. The van der Waals surface area contributed by atoms with E-state index in [9.17, 15) is 0 Å². The molecule has 4 heterocycles. The van der Waals surface area contributed by atoms with Crippen molar-refractivity contribution in [2.75, 3.05) is 5.32 Å². The van der Waals surface area contributed by atoms with Crippen LogP contribution >= 0.6 is 0 Å². The van der Waals surface area contributed by atoms with Crippen LogP contribution < -0.4 is 5.32 Å². The van der Waals surface area contributed by atoms with Gasteiger partial charge in [0.1, 0.15) is 5.69 Å². The van der Waals surface area contributed by atoms with Gasteiger partial charge < -0.3 is 5.32 Å². The first kappa shape index (κ1) is 14.9. The molecule has 0 aliphatic heterocycles. The van der Waals surface area contributed by atoms with E-state index in [1.165, 1.54) is 12.8 Å². The van der Waals surface area contributed by atoms with E-state index in [1.54, 1.807) is 24.8 Å². The number of hydrogen-bond donors (Lipinski definition) is 1. The first-order valence-electron chi connectivity index (χ1n) is 8.57. The van der Waals surface area contributed by atoms with Crippen LogP contribution in [0.3, 0.4) is 0 Å². The highest BCUT2D eigenvalue weighted by Gasteiger charge is 2.29. The molecule has 9 nitrogen and oxygen atoms in total. The Morgan fingerprint density at radius 3 is 2.85 bits per heavy atom. The van der Waals surface area contributed by atoms with E-state index >= 15 is 0 Å². The molecule has 0 spiro atoms. The van der Waals surface area contributed by atoms with Gasteiger partial charge in [-0.25, -0.2) is 9.97 Å². The minimum atomic E-state index is 0.422. The van der Waals surface area contributed by atoms with E-state index in [0.29, 0.717) is 29.0 Å². The fourth-order valence-corrected chi connectivity index (χ4v) is 3.06. The molecule has 0 amide bonds. The average Bonchev–Trinajstić information content (AvgIpc) is 3.27. The monoisotopic (exact) mass is 347 g/mol. The summed E-state index contributed by atoms with van der Waals surface area (Å²) in [6.07, 6.45) is 14.8. The Morgan fingerprint density at radius 1 is 1.12 bits per heavy atom. The van der Waals surface area contributed by atoms with Crippen molar-refractivity contribution >= 4 is 17.2 Å². The summed E-state index contributed by atoms with van der Waals surface area (Å²) in [4.78, 5) is 12.8. The molecular weight excluding hydrogens is 330 g/mol. The largest absolute Gasteiger partial charge is 0.334 e. The SMILES string of the molecule is CC(C1CC1)n1cc(Nc2nccn3c(-c4cnccn4)nnc23)cn1. The lowest BCUT2D eigenvalue weighted by Gasteiger charge is -2.09. The van der Waals surface area contributed by atoms with Crippen molar-refractivity contribution in [2.45, 2.75) is 25.8 Å². The van der Waals surface area contributed by atoms with Crippen molar-refractivity contribution in [3.8, 4) is 11.5 Å². The van der Waals surface area contributed by atoms with Crippen molar-refractivity contribution in [2.24, 2.45) is 5.92 Å². The maximum atomic E-state index is 4.47. The summed E-state index contributed by atoms with van der Waals surface area (Å²) < 4.78 is 3.85. The van der Waals surface area contributed by atoms with Crippen molar-refractivity contribution in [1.82, 2.24) is 39.3 Å². The van der Waals surface area contributed by atoms with Crippen LogP contribution in [-0.4, -0.2) is 39.3 Å². The lowest BCUT2D eigenvalue weighted by molar-refractivity contribution is 0.440. The highest BCUT2D eigenvalue weighted by Crippen LogP contribution is 2.39. The van der Waals surface area contributed by atoms with E-state index < -0.39 is 0 Å². The number of nitrogens with one attached hydrogen (secondary N) is 1. The van der Waals surface area contributed by atoms with E-state index in [1.807, 2.05) is 27.7 Å². The Hall–Kier alpha value is -3.36. The van der Waals surface area contributed by atoms with Gasteiger partial charge in [0.15, 0.2) is 11.6 Å². The second-order valence-corrected chi connectivity index (χ2v) is 6.50. The van der Waals surface area contributed by atoms with Crippen molar-refractivity contribution in [3.05, 3.63) is 43.4 Å². The summed E-state index contributed by atoms with van der Waals surface area (Å²) >= 11 is 0. The Bertz CT molecular complexity index is 1050. The van der Waals surface area contributed by atoms with Crippen molar-refractivity contribution in [1.29, 1.82) is 0 Å². The topological polar surface area (TPSA) is 98.7 Å². The Balaban J connectivity index is 1.47. The highest BCUT2D eigenvalue weighted by molar-refractivity contribution is 5.71. The lowest BCUT2D eigenvalue weighted by atomic mass is 10.2. The van der Waals surface area contributed by atoms with Gasteiger partial charge in [0.05, 0.1) is 24.1 Å². The highest BCUT2D eigenvalue weighted by atomic mass is 15.3. The molecule has 4 aromatic heterocycles. The second-order valence-electron chi connectivity index (χ2n) is 6.50. The van der Waals surface area contributed by atoms with E-state index in [4.69, 9.17) is 0 Å². The van der Waals surface area contributed by atoms with E-state index in [-0.39, 0.29) is 0 Å². The molecule has 1 N–H and O–H groups in total. The van der Waals surface area contributed by atoms with Gasteiger partial charge in [-0.05, 0) is 25.7 Å². The molecule has 5 rings (SSSR count). The first-order valence-corrected chi connectivity index (χ1v) is 8.57. The molecule has 1 atom stereocenters. The van der Waals surface area contributed by atoms with Crippen molar-refractivity contribution in [3.63, 3.8) is 0 Å². The molecule has 1 unspecified atom stereocenters. The van der Waals surface area contributed by atoms with Crippen LogP contribution in [0.4, 0.5) is 11.5 Å². The fraction of sp³-hybridized carbons (Fsp3) is 0.294. The molecule has 26 heavy (non-hydrogen) atoms. The number of fused-ring (bicyclic) bond motifs is 1. The molecule has 0 saturated heterocycles. The molecule has 0 bridgehead atoms. The van der Waals surface area contributed by atoms with E-state index in [2.05, 4.69) is 42.5 Å². The molecule has 1 aliphatic rings. The quantitative estimate of drug-likeness (QED) is 0.592. The molecule has 1 aliphatic carbocycles. The summed E-state index contributed by atoms with van der Waals surface area (Å²) in [6, 6.07) is 0.422. The van der Waals surface area contributed by atoms with Crippen LogP contribution in [0.1, 0.15) is 25.8 Å². The molecule has 9 heteroatoms. The van der Waals surface area contributed by atoms with Gasteiger partial charge in [0.25, 0.3) is 0 Å². The van der Waals surface area contributed by atoms with Gasteiger partial charge in [0, 0.05) is 31.0 Å². The number of nitrogens with zero attached hydrogens (tertiary/aromatic N) is 8. The number of hydrogen-bond acceptors (Lipinski definition) is 7. The zero-order chi connectivity index (χ0) is 17.5. The van der Waals surface area contributed by atoms with Gasteiger partial charge in [0.2, 0.25) is 5.65 Å². The Morgan fingerprint density at radius 2 is 2.04 bits per heavy atom. The Kier molecular flexibility index (Phi) is 3.37.